The highest BCUT2D eigenvalue weighted by molar-refractivity contribution is 7.94. The third-order valence-electron chi connectivity index (χ3n) is 3.03. The van der Waals surface area contributed by atoms with Crippen molar-refractivity contribution in [2.75, 3.05) is 6.26 Å². The van der Waals surface area contributed by atoms with Crippen molar-refractivity contribution >= 4 is 16.7 Å². The highest BCUT2D eigenvalue weighted by Gasteiger charge is 2.13. The van der Waals surface area contributed by atoms with Crippen molar-refractivity contribution in [2.45, 2.75) is 18.4 Å². The zero-order valence-electron chi connectivity index (χ0n) is 11.4. The van der Waals surface area contributed by atoms with E-state index in [2.05, 4.69) is 48.7 Å². The van der Waals surface area contributed by atoms with Crippen molar-refractivity contribution in [1.29, 1.82) is 0 Å². The molecule has 0 spiro atoms. The highest BCUT2D eigenvalue weighted by Crippen LogP contribution is 2.13. The fraction of sp³-hybridized carbons (Fsp3) is 0.235. The van der Waals surface area contributed by atoms with Crippen LogP contribution in [0.1, 0.15) is 28.4 Å². The number of ketones is 1. The van der Waals surface area contributed by atoms with Gasteiger partial charge in [0, 0.05) is 16.7 Å². The predicted molar refractivity (Wildman–Crippen MR) is 83.6 cm³/mol. The van der Waals surface area contributed by atoms with Gasteiger partial charge in [-0.05, 0) is 17.8 Å². The second-order valence-corrected chi connectivity index (χ2v) is 6.95. The monoisotopic (exact) mass is 271 g/mol. The molecule has 2 aromatic carbocycles. The Balaban J connectivity index is 1.95. The average molecular weight is 271 g/mol. The van der Waals surface area contributed by atoms with Crippen LogP contribution in [0.15, 0.2) is 54.6 Å². The summed E-state index contributed by atoms with van der Waals surface area (Å²) in [5, 5.41) is 0. The molecule has 98 valence electrons. The number of hydrogen-bond donors (Lipinski definition) is 0. The number of carbonyl (C=O) groups is 1. The molecule has 2 heteroatoms. The summed E-state index contributed by atoms with van der Waals surface area (Å²) in [7, 11) is 0.326. The van der Waals surface area contributed by atoms with Gasteiger partial charge in [-0.25, -0.2) is 0 Å². The minimum atomic E-state index is 0.131. The molecule has 0 bridgehead atoms. The molecule has 0 N–H and O–H groups in total. The zero-order chi connectivity index (χ0) is 13.7. The third-order valence-corrected chi connectivity index (χ3v) is 4.68. The first-order valence-corrected chi connectivity index (χ1v) is 8.35. The first-order chi connectivity index (χ1) is 9.15. The van der Waals surface area contributed by atoms with E-state index < -0.39 is 0 Å². The van der Waals surface area contributed by atoms with E-state index in [9.17, 15) is 4.79 Å². The Kier molecular flexibility index (Phi) is 4.80. The maximum absolute atomic E-state index is 11.2. The van der Waals surface area contributed by atoms with Gasteiger partial charge in [-0.2, -0.15) is 0 Å². The first-order valence-electron chi connectivity index (χ1n) is 6.38. The molecule has 1 atom stereocenters. The quantitative estimate of drug-likeness (QED) is 0.596. The van der Waals surface area contributed by atoms with Gasteiger partial charge in [0.15, 0.2) is 5.78 Å². The normalized spacial score (nSPS) is 12.1. The maximum Gasteiger partial charge on any atom is 0.159 e. The lowest BCUT2D eigenvalue weighted by Gasteiger charge is -2.05. The number of Topliss-reactive ketones (excluding diaryl/α,β-unsaturated/α-hetero) is 1. The average Bonchev–Trinajstić information content (AvgIpc) is 2.40. The minimum absolute atomic E-state index is 0.131. The largest absolute Gasteiger partial charge is 0.295 e. The SMILES string of the molecule is CC(=O)c1ccc(C[S+](C)Cc2ccccc2)cc1. The van der Waals surface area contributed by atoms with Crippen LogP contribution >= 0.6 is 0 Å². The van der Waals surface area contributed by atoms with Crippen LogP contribution in [0.5, 0.6) is 0 Å². The third kappa shape index (κ3) is 4.25. The van der Waals surface area contributed by atoms with Crippen LogP contribution in [-0.2, 0) is 22.4 Å². The first kappa shape index (κ1) is 13.9. The molecule has 0 heterocycles. The molecule has 0 fully saturated rings. The number of rotatable bonds is 5. The number of carbonyl (C=O) groups excluding carboxylic acids is 1. The van der Waals surface area contributed by atoms with Gasteiger partial charge in [-0.15, -0.1) is 0 Å². The molecular formula is C17H19OS+. The van der Waals surface area contributed by atoms with Crippen LogP contribution in [0.3, 0.4) is 0 Å². The van der Waals surface area contributed by atoms with Gasteiger partial charge >= 0.3 is 0 Å². The Morgan fingerprint density at radius 3 is 1.95 bits per heavy atom. The molecular weight excluding hydrogens is 252 g/mol. The number of hydrogen-bond acceptors (Lipinski definition) is 1. The number of benzene rings is 2. The van der Waals surface area contributed by atoms with E-state index in [-0.39, 0.29) is 5.78 Å². The summed E-state index contributed by atoms with van der Waals surface area (Å²) >= 11 is 0. The molecule has 0 radical (unpaired) electrons. The van der Waals surface area contributed by atoms with Crippen molar-refractivity contribution < 1.29 is 4.79 Å². The van der Waals surface area contributed by atoms with Gasteiger partial charge in [0.25, 0.3) is 0 Å². The molecule has 2 rings (SSSR count). The molecule has 0 amide bonds. The molecule has 2 aromatic rings. The van der Waals surface area contributed by atoms with Gasteiger partial charge in [0.2, 0.25) is 0 Å². The molecule has 0 aliphatic carbocycles. The van der Waals surface area contributed by atoms with E-state index in [0.717, 1.165) is 17.1 Å². The van der Waals surface area contributed by atoms with Crippen LogP contribution in [0.4, 0.5) is 0 Å². The molecule has 0 aliphatic heterocycles. The molecule has 0 aromatic heterocycles. The van der Waals surface area contributed by atoms with Crippen LogP contribution < -0.4 is 0 Å². The molecule has 1 nitrogen and oxygen atoms in total. The summed E-state index contributed by atoms with van der Waals surface area (Å²) in [6, 6.07) is 18.6. The standard InChI is InChI=1S/C17H19OS/c1-14(18)17-10-8-16(9-11-17)13-19(2)12-15-6-4-3-5-7-15/h3-11H,12-13H2,1-2H3/q+1. The summed E-state index contributed by atoms with van der Waals surface area (Å²) in [5.41, 5.74) is 3.50. The van der Waals surface area contributed by atoms with E-state index in [4.69, 9.17) is 0 Å². The Morgan fingerprint density at radius 2 is 1.42 bits per heavy atom. The van der Waals surface area contributed by atoms with E-state index in [1.165, 1.54) is 11.1 Å². The fourth-order valence-electron chi connectivity index (χ4n) is 2.03. The van der Waals surface area contributed by atoms with Crippen LogP contribution in [-0.4, -0.2) is 12.0 Å². The van der Waals surface area contributed by atoms with E-state index in [1.807, 2.05) is 12.1 Å². The Bertz CT molecular complexity index is 531. The Labute approximate surface area is 118 Å². The van der Waals surface area contributed by atoms with Crippen LogP contribution in [0.25, 0.3) is 0 Å². The van der Waals surface area contributed by atoms with Crippen LogP contribution in [0.2, 0.25) is 0 Å². The summed E-state index contributed by atoms with van der Waals surface area (Å²) in [6.07, 6.45) is 2.30. The smallest absolute Gasteiger partial charge is 0.159 e. The zero-order valence-corrected chi connectivity index (χ0v) is 12.2. The van der Waals surface area contributed by atoms with E-state index in [1.54, 1.807) is 6.92 Å². The van der Waals surface area contributed by atoms with Gasteiger partial charge in [-0.1, -0.05) is 54.6 Å². The van der Waals surface area contributed by atoms with Crippen molar-refractivity contribution in [1.82, 2.24) is 0 Å². The van der Waals surface area contributed by atoms with Crippen molar-refractivity contribution in [3.05, 3.63) is 71.3 Å². The lowest BCUT2D eigenvalue weighted by atomic mass is 10.1. The van der Waals surface area contributed by atoms with E-state index in [0.29, 0.717) is 10.9 Å². The predicted octanol–water partition coefficient (Wildman–Crippen LogP) is 3.84. The second kappa shape index (κ2) is 6.58. The van der Waals surface area contributed by atoms with Gasteiger partial charge in [0.1, 0.15) is 11.5 Å². The molecule has 0 saturated heterocycles. The van der Waals surface area contributed by atoms with Crippen molar-refractivity contribution in [2.24, 2.45) is 0 Å². The Hall–Kier alpha value is -1.54. The molecule has 19 heavy (non-hydrogen) atoms. The van der Waals surface area contributed by atoms with Gasteiger partial charge in [0.05, 0.1) is 6.26 Å². The molecule has 0 aliphatic rings. The van der Waals surface area contributed by atoms with Gasteiger partial charge < -0.3 is 0 Å². The minimum Gasteiger partial charge on any atom is -0.295 e. The Morgan fingerprint density at radius 1 is 0.895 bits per heavy atom. The fourth-order valence-corrected chi connectivity index (χ4v) is 3.66. The highest BCUT2D eigenvalue weighted by atomic mass is 32.2. The summed E-state index contributed by atoms with van der Waals surface area (Å²) < 4.78 is 0. The van der Waals surface area contributed by atoms with Crippen molar-refractivity contribution in [3.63, 3.8) is 0 Å². The van der Waals surface area contributed by atoms with E-state index >= 15 is 0 Å². The summed E-state index contributed by atoms with van der Waals surface area (Å²) in [5.74, 6) is 2.33. The topological polar surface area (TPSA) is 17.1 Å². The lowest BCUT2D eigenvalue weighted by Crippen LogP contribution is -2.06. The molecule has 1 unspecified atom stereocenters. The summed E-state index contributed by atoms with van der Waals surface area (Å²) in [6.45, 7) is 1.61. The second-order valence-electron chi connectivity index (χ2n) is 4.81. The van der Waals surface area contributed by atoms with Gasteiger partial charge in [-0.3, -0.25) is 4.79 Å². The molecule has 0 saturated carbocycles. The van der Waals surface area contributed by atoms with Crippen molar-refractivity contribution in [3.8, 4) is 0 Å². The van der Waals surface area contributed by atoms with Crippen LogP contribution in [0, 0.1) is 0 Å². The summed E-state index contributed by atoms with van der Waals surface area (Å²) in [4.78, 5) is 11.2. The lowest BCUT2D eigenvalue weighted by molar-refractivity contribution is 0.101. The maximum atomic E-state index is 11.2.